The van der Waals surface area contributed by atoms with Gasteiger partial charge in [0, 0.05) is 18.0 Å². The number of pyridine rings is 1. The predicted octanol–water partition coefficient (Wildman–Crippen LogP) is 4.20. The zero-order valence-electron chi connectivity index (χ0n) is 11.0. The molecule has 2 heterocycles. The van der Waals surface area contributed by atoms with E-state index in [-0.39, 0.29) is 5.82 Å². The lowest BCUT2D eigenvalue weighted by molar-refractivity contribution is 0.619. The first-order valence-corrected chi connectivity index (χ1v) is 7.32. The molecule has 0 aliphatic carbocycles. The van der Waals surface area contributed by atoms with Gasteiger partial charge in [-0.1, -0.05) is 0 Å². The van der Waals surface area contributed by atoms with Gasteiger partial charge in [0.1, 0.15) is 5.82 Å². The summed E-state index contributed by atoms with van der Waals surface area (Å²) in [5.41, 5.74) is 2.39. The highest BCUT2D eigenvalue weighted by molar-refractivity contribution is 9.10. The molecule has 0 saturated heterocycles. The molecular weight excluding hydrogens is 355 g/mol. The Morgan fingerprint density at radius 2 is 2.00 bits per heavy atom. The van der Waals surface area contributed by atoms with E-state index in [4.69, 9.17) is 12.2 Å². The van der Waals surface area contributed by atoms with Crippen molar-refractivity contribution in [2.45, 2.75) is 6.92 Å². The van der Waals surface area contributed by atoms with E-state index in [0.717, 1.165) is 11.1 Å². The molecule has 0 aliphatic heterocycles. The highest BCUT2D eigenvalue weighted by Crippen LogP contribution is 2.27. The van der Waals surface area contributed by atoms with Crippen LogP contribution in [0.1, 0.15) is 5.56 Å². The maximum absolute atomic E-state index is 13.9. The van der Waals surface area contributed by atoms with Gasteiger partial charge in [-0.05, 0) is 64.9 Å². The average molecular weight is 365 g/mol. The van der Waals surface area contributed by atoms with E-state index >= 15 is 0 Å². The van der Waals surface area contributed by atoms with E-state index in [9.17, 15) is 4.39 Å². The molecule has 0 fully saturated rings. The number of halogens is 2. The van der Waals surface area contributed by atoms with Crippen LogP contribution in [0.2, 0.25) is 0 Å². The Balaban J connectivity index is 2.27. The number of H-pyrrole nitrogens is 1. The van der Waals surface area contributed by atoms with E-state index < -0.39 is 0 Å². The first-order valence-electron chi connectivity index (χ1n) is 6.12. The van der Waals surface area contributed by atoms with E-state index in [1.807, 2.05) is 19.1 Å². The summed E-state index contributed by atoms with van der Waals surface area (Å²) in [6.45, 7) is 1.89. The fourth-order valence-corrected chi connectivity index (χ4v) is 2.78. The molecule has 2 aromatic heterocycles. The number of hydrogen-bond acceptors (Lipinski definition) is 3. The zero-order valence-corrected chi connectivity index (χ0v) is 13.4. The third-order valence-corrected chi connectivity index (χ3v) is 3.97. The first kappa shape index (κ1) is 14.1. The number of rotatable bonds is 2. The van der Waals surface area contributed by atoms with Crippen molar-refractivity contribution in [3.05, 3.63) is 57.3 Å². The van der Waals surface area contributed by atoms with Gasteiger partial charge < -0.3 is 0 Å². The lowest BCUT2D eigenvalue weighted by Gasteiger charge is -2.11. The van der Waals surface area contributed by atoms with Crippen molar-refractivity contribution in [2.75, 3.05) is 0 Å². The van der Waals surface area contributed by atoms with Crippen molar-refractivity contribution in [2.24, 2.45) is 0 Å². The van der Waals surface area contributed by atoms with Crippen LogP contribution in [0.5, 0.6) is 0 Å². The Morgan fingerprint density at radius 1 is 1.29 bits per heavy atom. The number of nitrogens with one attached hydrogen (secondary N) is 1. The topological polar surface area (TPSA) is 46.5 Å². The van der Waals surface area contributed by atoms with Gasteiger partial charge in [0.05, 0.1) is 10.2 Å². The average Bonchev–Trinajstić information content (AvgIpc) is 2.85. The van der Waals surface area contributed by atoms with Gasteiger partial charge in [-0.25, -0.2) is 4.39 Å². The number of aromatic nitrogens is 4. The van der Waals surface area contributed by atoms with Gasteiger partial charge >= 0.3 is 0 Å². The monoisotopic (exact) mass is 364 g/mol. The Labute approximate surface area is 133 Å². The van der Waals surface area contributed by atoms with E-state index in [1.165, 1.54) is 6.07 Å². The van der Waals surface area contributed by atoms with Gasteiger partial charge in [0.2, 0.25) is 0 Å². The summed E-state index contributed by atoms with van der Waals surface area (Å²) in [6.07, 6.45) is 3.35. The predicted molar refractivity (Wildman–Crippen MR) is 84.4 cm³/mol. The smallest absolute Gasteiger partial charge is 0.200 e. The Morgan fingerprint density at radius 3 is 2.71 bits per heavy atom. The van der Waals surface area contributed by atoms with Crippen LogP contribution in [0.25, 0.3) is 17.1 Å². The number of aryl methyl sites for hydroxylation is 1. The number of nitrogens with zero attached hydrogens (tertiary/aromatic N) is 3. The van der Waals surface area contributed by atoms with Crippen LogP contribution >= 0.6 is 28.1 Å². The van der Waals surface area contributed by atoms with Gasteiger partial charge in [-0.2, -0.15) is 5.10 Å². The van der Waals surface area contributed by atoms with Crippen molar-refractivity contribution < 1.29 is 4.39 Å². The summed E-state index contributed by atoms with van der Waals surface area (Å²) in [5.74, 6) is 0.270. The molecule has 21 heavy (non-hydrogen) atoms. The molecular formula is C14H10BrFN4S. The molecule has 4 nitrogen and oxygen atoms in total. The lowest BCUT2D eigenvalue weighted by Crippen LogP contribution is -2.01. The van der Waals surface area contributed by atoms with Gasteiger partial charge in [-0.15, -0.1) is 0 Å². The summed E-state index contributed by atoms with van der Waals surface area (Å²) >= 11 is 8.47. The largest absolute Gasteiger partial charge is 0.268 e. The fraction of sp³-hybridized carbons (Fsp3) is 0.0714. The molecule has 0 spiro atoms. The molecule has 106 valence electrons. The van der Waals surface area contributed by atoms with Crippen LogP contribution < -0.4 is 0 Å². The second-order valence-corrected chi connectivity index (χ2v) is 5.72. The van der Waals surface area contributed by atoms with Crippen LogP contribution in [0.4, 0.5) is 4.39 Å². The van der Waals surface area contributed by atoms with Gasteiger partial charge in [0.15, 0.2) is 10.6 Å². The number of benzene rings is 1. The molecule has 7 heteroatoms. The van der Waals surface area contributed by atoms with Crippen LogP contribution in [-0.2, 0) is 0 Å². The van der Waals surface area contributed by atoms with Crippen LogP contribution in [0.3, 0.4) is 0 Å². The van der Waals surface area contributed by atoms with Crippen LogP contribution in [0.15, 0.2) is 41.1 Å². The van der Waals surface area contributed by atoms with Gasteiger partial charge in [-0.3, -0.25) is 14.6 Å². The normalized spacial score (nSPS) is 10.8. The SMILES string of the molecule is Cc1cc(Br)c(F)cc1-n1c(-c2ccncc2)n[nH]c1=S. The second-order valence-electron chi connectivity index (χ2n) is 4.48. The van der Waals surface area contributed by atoms with E-state index in [0.29, 0.717) is 20.8 Å². The summed E-state index contributed by atoms with van der Waals surface area (Å²) < 4.78 is 16.4. The van der Waals surface area contributed by atoms with Crippen molar-refractivity contribution in [1.29, 1.82) is 0 Å². The molecule has 0 atom stereocenters. The first-order chi connectivity index (χ1) is 10.1. The van der Waals surface area contributed by atoms with Crippen molar-refractivity contribution in [3.8, 4) is 17.1 Å². The third kappa shape index (κ3) is 2.54. The molecule has 0 saturated carbocycles. The zero-order chi connectivity index (χ0) is 15.0. The summed E-state index contributed by atoms with van der Waals surface area (Å²) in [6, 6.07) is 6.81. The van der Waals surface area contributed by atoms with Crippen molar-refractivity contribution in [3.63, 3.8) is 0 Å². The molecule has 1 N–H and O–H groups in total. The molecule has 0 radical (unpaired) electrons. The standard InChI is InChI=1S/C14H10BrFN4S/c1-8-6-10(15)11(16)7-12(8)20-13(18-19-14(20)21)9-2-4-17-5-3-9/h2-7H,1H3,(H,19,21). The molecule has 3 aromatic rings. The highest BCUT2D eigenvalue weighted by Gasteiger charge is 2.14. The molecule has 0 bridgehead atoms. The minimum atomic E-state index is -0.348. The molecule has 0 aliphatic rings. The maximum atomic E-state index is 13.9. The van der Waals surface area contributed by atoms with E-state index in [2.05, 4.69) is 31.1 Å². The molecule has 3 rings (SSSR count). The molecule has 0 unspecified atom stereocenters. The number of aromatic amines is 1. The van der Waals surface area contributed by atoms with Crippen molar-refractivity contribution >= 4 is 28.1 Å². The minimum Gasteiger partial charge on any atom is -0.268 e. The van der Waals surface area contributed by atoms with Crippen molar-refractivity contribution in [1.82, 2.24) is 19.7 Å². The fourth-order valence-electron chi connectivity index (χ4n) is 2.09. The Kier molecular flexibility index (Phi) is 3.69. The minimum absolute atomic E-state index is 0.348. The summed E-state index contributed by atoms with van der Waals surface area (Å²) in [4.78, 5) is 3.98. The van der Waals surface area contributed by atoms with Gasteiger partial charge in [0.25, 0.3) is 0 Å². The lowest BCUT2D eigenvalue weighted by atomic mass is 10.2. The van der Waals surface area contributed by atoms with E-state index in [1.54, 1.807) is 23.0 Å². The highest BCUT2D eigenvalue weighted by atomic mass is 79.9. The summed E-state index contributed by atoms with van der Waals surface area (Å²) in [7, 11) is 0. The quantitative estimate of drug-likeness (QED) is 0.693. The number of hydrogen-bond donors (Lipinski definition) is 1. The summed E-state index contributed by atoms with van der Waals surface area (Å²) in [5, 5.41) is 7.00. The Hall–Kier alpha value is -1.86. The van der Waals surface area contributed by atoms with Crippen LogP contribution in [0, 0.1) is 17.5 Å². The molecule has 1 aromatic carbocycles. The second kappa shape index (κ2) is 5.50. The Bertz CT molecular complexity index is 857. The van der Waals surface area contributed by atoms with Crippen LogP contribution in [-0.4, -0.2) is 19.7 Å². The maximum Gasteiger partial charge on any atom is 0.200 e. The third-order valence-electron chi connectivity index (χ3n) is 3.09. The molecule has 0 amide bonds.